The third-order valence-electron chi connectivity index (χ3n) is 2.99. The molecule has 2 heterocycles. The average Bonchev–Trinajstić information content (AvgIpc) is 2.44. The van der Waals surface area contributed by atoms with Crippen LogP contribution in [0.25, 0.3) is 10.9 Å². The maximum absolute atomic E-state index is 11.9. The molecule has 19 heavy (non-hydrogen) atoms. The van der Waals surface area contributed by atoms with Crippen LogP contribution >= 0.6 is 15.9 Å². The lowest BCUT2D eigenvalue weighted by Gasteiger charge is -2.07. The van der Waals surface area contributed by atoms with E-state index in [0.29, 0.717) is 11.0 Å². The summed E-state index contributed by atoms with van der Waals surface area (Å²) < 4.78 is 2.26. The lowest BCUT2D eigenvalue weighted by Crippen LogP contribution is -2.20. The molecule has 0 aliphatic carbocycles. The second-order valence-corrected chi connectivity index (χ2v) is 5.17. The quantitative estimate of drug-likeness (QED) is 0.728. The zero-order valence-corrected chi connectivity index (χ0v) is 11.7. The van der Waals surface area contributed by atoms with Crippen molar-refractivity contribution in [1.29, 1.82) is 0 Å². The van der Waals surface area contributed by atoms with Crippen LogP contribution in [0.15, 0.2) is 64.1 Å². The lowest BCUT2D eigenvalue weighted by molar-refractivity contribution is 0.756. The van der Waals surface area contributed by atoms with Gasteiger partial charge in [-0.15, -0.1) is 0 Å². The van der Waals surface area contributed by atoms with Gasteiger partial charge in [-0.05, 0) is 51.8 Å². The third kappa shape index (κ3) is 2.44. The predicted octanol–water partition coefficient (Wildman–Crippen LogP) is 3.21. The Hall–Kier alpha value is -1.94. The molecule has 0 aliphatic rings. The third-order valence-corrected chi connectivity index (χ3v) is 3.60. The largest absolute Gasteiger partial charge is 0.310 e. The van der Waals surface area contributed by atoms with E-state index in [-0.39, 0.29) is 5.56 Å². The van der Waals surface area contributed by atoms with Gasteiger partial charge in [-0.2, -0.15) is 0 Å². The highest BCUT2D eigenvalue weighted by Gasteiger charge is 2.02. The van der Waals surface area contributed by atoms with Crippen molar-refractivity contribution in [1.82, 2.24) is 9.55 Å². The van der Waals surface area contributed by atoms with Gasteiger partial charge in [-0.25, -0.2) is 0 Å². The van der Waals surface area contributed by atoms with Crippen molar-refractivity contribution in [2.75, 3.05) is 0 Å². The van der Waals surface area contributed by atoms with E-state index >= 15 is 0 Å². The molecule has 3 rings (SSSR count). The highest BCUT2D eigenvalue weighted by Crippen LogP contribution is 2.14. The van der Waals surface area contributed by atoms with E-state index in [1.165, 1.54) is 0 Å². The maximum atomic E-state index is 11.9. The number of hydrogen-bond acceptors (Lipinski definition) is 2. The van der Waals surface area contributed by atoms with Gasteiger partial charge in [0, 0.05) is 17.8 Å². The van der Waals surface area contributed by atoms with Gasteiger partial charge in [0.05, 0.1) is 16.5 Å². The van der Waals surface area contributed by atoms with Crippen molar-refractivity contribution in [3.63, 3.8) is 0 Å². The smallest absolute Gasteiger partial charge is 0.265 e. The Labute approximate surface area is 118 Å². The number of halogens is 1. The molecule has 1 aromatic carbocycles. The van der Waals surface area contributed by atoms with Gasteiger partial charge < -0.3 is 4.57 Å². The molecule has 0 N–H and O–H groups in total. The molecule has 0 saturated heterocycles. The summed E-state index contributed by atoms with van der Waals surface area (Å²) >= 11 is 3.26. The molecule has 0 bridgehead atoms. The van der Waals surface area contributed by atoms with Gasteiger partial charge in [0.1, 0.15) is 0 Å². The average molecular weight is 315 g/mol. The van der Waals surface area contributed by atoms with E-state index in [1.54, 1.807) is 23.0 Å². The van der Waals surface area contributed by atoms with Crippen molar-refractivity contribution >= 4 is 26.8 Å². The molecule has 4 heteroatoms. The maximum Gasteiger partial charge on any atom is 0.265 e. The molecule has 0 unspecified atom stereocenters. The molecular formula is C15H11BrN2O. The summed E-state index contributed by atoms with van der Waals surface area (Å²) in [6, 6.07) is 13.6. The van der Waals surface area contributed by atoms with Crippen LogP contribution in [0, 0.1) is 0 Å². The summed E-state index contributed by atoms with van der Waals surface area (Å²) in [6.45, 7) is 0.559. The Bertz CT molecular complexity index is 795. The number of pyridine rings is 2. The Kier molecular flexibility index (Phi) is 3.17. The van der Waals surface area contributed by atoms with Gasteiger partial charge in [0.2, 0.25) is 0 Å². The summed E-state index contributed by atoms with van der Waals surface area (Å²) in [7, 11) is 0. The monoisotopic (exact) mass is 314 g/mol. The lowest BCUT2D eigenvalue weighted by atomic mass is 10.1. The normalized spacial score (nSPS) is 10.8. The predicted molar refractivity (Wildman–Crippen MR) is 79.2 cm³/mol. The van der Waals surface area contributed by atoms with Crippen LogP contribution in [0.4, 0.5) is 0 Å². The van der Waals surface area contributed by atoms with E-state index in [9.17, 15) is 4.79 Å². The van der Waals surface area contributed by atoms with Crippen LogP contribution in [0.3, 0.4) is 0 Å². The summed E-state index contributed by atoms with van der Waals surface area (Å²) in [6.07, 6.45) is 3.57. The molecule has 0 aliphatic heterocycles. The van der Waals surface area contributed by atoms with Crippen molar-refractivity contribution in [3.8, 4) is 0 Å². The van der Waals surface area contributed by atoms with Crippen molar-refractivity contribution in [2.45, 2.75) is 6.54 Å². The molecule has 0 radical (unpaired) electrons. The first-order valence-corrected chi connectivity index (χ1v) is 6.72. The fraction of sp³-hybridized carbons (Fsp3) is 0.0667. The fourth-order valence-electron chi connectivity index (χ4n) is 2.05. The molecule has 3 aromatic rings. The number of rotatable bonds is 2. The number of fused-ring (bicyclic) bond motifs is 1. The van der Waals surface area contributed by atoms with Gasteiger partial charge in [-0.3, -0.25) is 9.78 Å². The summed E-state index contributed by atoms with van der Waals surface area (Å²) in [5.41, 5.74) is 2.03. The Morgan fingerprint density at radius 1 is 1.16 bits per heavy atom. The second kappa shape index (κ2) is 4.97. The van der Waals surface area contributed by atoms with Crippen molar-refractivity contribution in [2.24, 2.45) is 0 Å². The van der Waals surface area contributed by atoms with E-state index in [2.05, 4.69) is 27.0 Å². The number of nitrogens with zero attached hydrogens (tertiary/aromatic N) is 2. The van der Waals surface area contributed by atoms with Crippen molar-refractivity contribution in [3.05, 3.63) is 75.2 Å². The second-order valence-electron chi connectivity index (χ2n) is 4.32. The van der Waals surface area contributed by atoms with E-state index in [0.717, 1.165) is 16.5 Å². The number of hydrogen-bond donors (Lipinski definition) is 0. The SMILES string of the molecule is O=c1c(Br)cccn1Cc1ccc2ncccc2c1. The first kappa shape index (κ1) is 12.1. The fourth-order valence-corrected chi connectivity index (χ4v) is 2.43. The zero-order valence-electron chi connectivity index (χ0n) is 10.1. The minimum atomic E-state index is -0.0196. The van der Waals surface area contributed by atoms with Crippen LogP contribution in [-0.2, 0) is 6.54 Å². The molecule has 0 atom stereocenters. The highest BCUT2D eigenvalue weighted by molar-refractivity contribution is 9.10. The van der Waals surface area contributed by atoms with Crippen molar-refractivity contribution < 1.29 is 0 Å². The van der Waals surface area contributed by atoms with Crippen LogP contribution < -0.4 is 5.56 Å². The van der Waals surface area contributed by atoms with Crippen LogP contribution in [0.5, 0.6) is 0 Å². The Balaban J connectivity index is 2.01. The molecule has 0 fully saturated rings. The van der Waals surface area contributed by atoms with E-state index in [1.807, 2.05) is 30.3 Å². The Morgan fingerprint density at radius 2 is 2.05 bits per heavy atom. The van der Waals surface area contributed by atoms with Crippen LogP contribution in [-0.4, -0.2) is 9.55 Å². The van der Waals surface area contributed by atoms with E-state index < -0.39 is 0 Å². The molecular weight excluding hydrogens is 304 g/mol. The number of aromatic nitrogens is 2. The zero-order chi connectivity index (χ0) is 13.2. The minimum absolute atomic E-state index is 0.0196. The molecule has 0 amide bonds. The molecule has 94 valence electrons. The molecule has 3 nitrogen and oxygen atoms in total. The summed E-state index contributed by atoms with van der Waals surface area (Å²) in [5, 5.41) is 1.09. The molecule has 0 saturated carbocycles. The van der Waals surface area contributed by atoms with Gasteiger partial charge in [0.15, 0.2) is 0 Å². The van der Waals surface area contributed by atoms with Gasteiger partial charge in [-0.1, -0.05) is 12.1 Å². The summed E-state index contributed by atoms with van der Waals surface area (Å²) in [5.74, 6) is 0. The highest BCUT2D eigenvalue weighted by atomic mass is 79.9. The molecule has 2 aromatic heterocycles. The Morgan fingerprint density at radius 3 is 2.95 bits per heavy atom. The van der Waals surface area contributed by atoms with Crippen LogP contribution in [0.2, 0.25) is 0 Å². The van der Waals surface area contributed by atoms with E-state index in [4.69, 9.17) is 0 Å². The minimum Gasteiger partial charge on any atom is -0.310 e. The molecule has 0 spiro atoms. The topological polar surface area (TPSA) is 34.9 Å². The number of benzene rings is 1. The standard InChI is InChI=1S/C15H11BrN2O/c16-13-4-2-8-18(15(13)19)10-11-5-6-14-12(9-11)3-1-7-17-14/h1-9H,10H2. The summed E-state index contributed by atoms with van der Waals surface area (Å²) in [4.78, 5) is 16.2. The first-order chi connectivity index (χ1) is 9.24. The van der Waals surface area contributed by atoms with Gasteiger partial charge in [0.25, 0.3) is 5.56 Å². The first-order valence-electron chi connectivity index (χ1n) is 5.93. The van der Waals surface area contributed by atoms with Gasteiger partial charge >= 0.3 is 0 Å². The van der Waals surface area contributed by atoms with Crippen LogP contribution in [0.1, 0.15) is 5.56 Å².